The van der Waals surface area contributed by atoms with Gasteiger partial charge in [-0.3, -0.25) is 14.4 Å². The monoisotopic (exact) mass is 935 g/mol. The van der Waals surface area contributed by atoms with Crippen LogP contribution in [0.25, 0.3) is 0 Å². The second kappa shape index (κ2) is 55.4. The van der Waals surface area contributed by atoms with E-state index in [2.05, 4.69) is 51.2 Å². The minimum Gasteiger partial charge on any atom is -0.462 e. The number of rotatable bonds is 51. The zero-order chi connectivity index (χ0) is 48.6. The fourth-order valence-corrected chi connectivity index (χ4v) is 8.05. The quantitative estimate of drug-likeness (QED) is 0.0199. The molecule has 0 heterocycles. The van der Waals surface area contributed by atoms with Crippen molar-refractivity contribution in [1.29, 1.82) is 0 Å². The van der Waals surface area contributed by atoms with Crippen molar-refractivity contribution in [1.82, 2.24) is 0 Å². The van der Waals surface area contributed by atoms with Gasteiger partial charge in [0.2, 0.25) is 0 Å². The van der Waals surface area contributed by atoms with E-state index in [1.807, 2.05) is 42.5 Å². The number of allylic oxidation sites excluding steroid dienone is 12. The number of hydrogen-bond donors (Lipinski definition) is 0. The van der Waals surface area contributed by atoms with E-state index in [0.29, 0.717) is 19.3 Å². The minimum absolute atomic E-state index is 0.0894. The van der Waals surface area contributed by atoms with E-state index in [4.69, 9.17) is 14.2 Å². The van der Waals surface area contributed by atoms with Gasteiger partial charge in [-0.2, -0.15) is 0 Å². The minimum atomic E-state index is -0.793. The summed E-state index contributed by atoms with van der Waals surface area (Å²) >= 11 is 0. The van der Waals surface area contributed by atoms with Crippen LogP contribution < -0.4 is 0 Å². The zero-order valence-electron chi connectivity index (χ0n) is 44.2. The summed E-state index contributed by atoms with van der Waals surface area (Å²) in [4.78, 5) is 38.1. The molecule has 0 aromatic rings. The van der Waals surface area contributed by atoms with Crippen LogP contribution in [0, 0.1) is 0 Å². The third-order valence-electron chi connectivity index (χ3n) is 12.3. The summed E-state index contributed by atoms with van der Waals surface area (Å²) in [6.07, 6.45) is 70.3. The first-order chi connectivity index (χ1) is 33.0. The molecule has 0 N–H and O–H groups in total. The number of ether oxygens (including phenoxy) is 3. The van der Waals surface area contributed by atoms with Crippen molar-refractivity contribution < 1.29 is 28.6 Å². The van der Waals surface area contributed by atoms with Crippen molar-refractivity contribution in [3.8, 4) is 0 Å². The predicted molar refractivity (Wildman–Crippen MR) is 288 cm³/mol. The van der Waals surface area contributed by atoms with Gasteiger partial charge in [0.1, 0.15) is 13.2 Å². The van der Waals surface area contributed by atoms with Gasteiger partial charge >= 0.3 is 17.9 Å². The van der Waals surface area contributed by atoms with Crippen LogP contribution in [0.4, 0.5) is 0 Å². The maximum atomic E-state index is 12.9. The number of carbonyl (C=O) groups excluding carboxylic acids is 3. The average Bonchev–Trinajstić information content (AvgIpc) is 3.33. The molecule has 0 aromatic heterocycles. The molecule has 0 bridgehead atoms. The Morgan fingerprint density at radius 2 is 0.597 bits per heavy atom. The van der Waals surface area contributed by atoms with Crippen LogP contribution in [0.5, 0.6) is 0 Å². The molecule has 0 radical (unpaired) electrons. The summed E-state index contributed by atoms with van der Waals surface area (Å²) in [5.41, 5.74) is 0. The van der Waals surface area contributed by atoms with Crippen LogP contribution in [0.3, 0.4) is 0 Å². The molecular formula is C61H106O6. The summed E-state index contributed by atoms with van der Waals surface area (Å²) in [6, 6.07) is 0. The molecule has 0 saturated carbocycles. The van der Waals surface area contributed by atoms with Crippen LogP contribution in [0.1, 0.15) is 278 Å². The van der Waals surface area contributed by atoms with Gasteiger partial charge in [0, 0.05) is 19.3 Å². The van der Waals surface area contributed by atoms with Crippen LogP contribution in [0.2, 0.25) is 0 Å². The Morgan fingerprint density at radius 1 is 0.313 bits per heavy atom. The molecule has 0 aromatic carbocycles. The van der Waals surface area contributed by atoms with E-state index in [-0.39, 0.29) is 31.1 Å². The van der Waals surface area contributed by atoms with Crippen molar-refractivity contribution in [3.63, 3.8) is 0 Å². The van der Waals surface area contributed by atoms with Crippen molar-refractivity contribution in [2.24, 2.45) is 0 Å². The van der Waals surface area contributed by atoms with E-state index in [0.717, 1.165) is 70.6 Å². The second-order valence-electron chi connectivity index (χ2n) is 18.9. The van der Waals surface area contributed by atoms with E-state index in [1.165, 1.54) is 167 Å². The number of hydrogen-bond acceptors (Lipinski definition) is 6. The highest BCUT2D eigenvalue weighted by molar-refractivity contribution is 5.71. The normalized spacial score (nSPS) is 12.6. The average molecular weight is 936 g/mol. The van der Waals surface area contributed by atoms with Gasteiger partial charge in [0.05, 0.1) is 0 Å². The van der Waals surface area contributed by atoms with Crippen LogP contribution in [-0.4, -0.2) is 37.2 Å². The first kappa shape index (κ1) is 63.8. The SMILES string of the molecule is CC\C=C/C=C\C=C/C=C\C=C/CCCCCC(=O)OCC(COC(=O)CCCCCCCCC/C=C\CCCCCCCC)OC(=O)CCCCCCCCCCCCCCCCCCC. The lowest BCUT2D eigenvalue weighted by Crippen LogP contribution is -2.30. The number of carbonyl (C=O) groups is 3. The first-order valence-electron chi connectivity index (χ1n) is 28.5. The predicted octanol–water partition coefficient (Wildman–Crippen LogP) is 19.0. The molecule has 6 nitrogen and oxygen atoms in total. The van der Waals surface area contributed by atoms with E-state index in [9.17, 15) is 14.4 Å². The molecule has 1 atom stereocenters. The topological polar surface area (TPSA) is 78.9 Å². The van der Waals surface area contributed by atoms with Gasteiger partial charge in [-0.15, -0.1) is 0 Å². The summed E-state index contributed by atoms with van der Waals surface area (Å²) in [7, 11) is 0. The Morgan fingerprint density at radius 3 is 0.970 bits per heavy atom. The highest BCUT2D eigenvalue weighted by Crippen LogP contribution is 2.16. The molecule has 386 valence electrons. The van der Waals surface area contributed by atoms with Gasteiger partial charge in [0.25, 0.3) is 0 Å². The lowest BCUT2D eigenvalue weighted by Gasteiger charge is -2.18. The Kier molecular flexibility index (Phi) is 52.8. The summed E-state index contributed by atoms with van der Waals surface area (Å²) in [5, 5.41) is 0. The summed E-state index contributed by atoms with van der Waals surface area (Å²) in [5.74, 6) is -0.926. The van der Waals surface area contributed by atoms with Crippen LogP contribution in [-0.2, 0) is 28.6 Å². The lowest BCUT2D eigenvalue weighted by atomic mass is 10.0. The molecule has 1 unspecified atom stereocenters. The van der Waals surface area contributed by atoms with Gasteiger partial charge < -0.3 is 14.2 Å². The molecule has 0 saturated heterocycles. The third kappa shape index (κ3) is 53.7. The third-order valence-corrected chi connectivity index (χ3v) is 12.3. The molecular weight excluding hydrogens is 829 g/mol. The maximum absolute atomic E-state index is 12.9. The van der Waals surface area contributed by atoms with Crippen LogP contribution >= 0.6 is 0 Å². The molecule has 0 rings (SSSR count). The largest absolute Gasteiger partial charge is 0.462 e. The first-order valence-corrected chi connectivity index (χ1v) is 28.5. The molecule has 0 aliphatic heterocycles. The molecule has 0 amide bonds. The summed E-state index contributed by atoms with van der Waals surface area (Å²) < 4.78 is 16.8. The Balaban J connectivity index is 4.43. The highest BCUT2D eigenvalue weighted by Gasteiger charge is 2.19. The fraction of sp³-hybridized carbons (Fsp3) is 0.754. The molecule has 6 heteroatoms. The molecule has 0 spiro atoms. The van der Waals surface area contributed by atoms with Gasteiger partial charge in [-0.1, -0.05) is 267 Å². The van der Waals surface area contributed by atoms with Crippen LogP contribution in [0.15, 0.2) is 72.9 Å². The van der Waals surface area contributed by atoms with Crippen molar-refractivity contribution in [2.45, 2.75) is 284 Å². The smallest absolute Gasteiger partial charge is 0.306 e. The lowest BCUT2D eigenvalue weighted by molar-refractivity contribution is -0.167. The molecule has 0 aliphatic rings. The van der Waals surface area contributed by atoms with Crippen molar-refractivity contribution in [3.05, 3.63) is 72.9 Å². The fourth-order valence-electron chi connectivity index (χ4n) is 8.05. The standard InChI is InChI=1S/C61H106O6/c1-4-7-10-13-16-19-22-25-28-30-33-36-39-42-45-48-51-54-60(63)66-57-58(56-65-59(62)53-50-47-44-41-38-35-32-27-24-21-18-15-12-9-6-3)67-61(64)55-52-49-46-43-40-37-34-31-29-26-23-20-17-14-11-8-5-2/h9,12,15,18,21,24-25,27-28,32,35,38,58H,4-8,10-11,13-14,16-17,19-20,22-23,26,29-31,33-34,36-37,39-57H2,1-3H3/b12-9-,18-15-,24-21-,28-25-,32-27-,38-35-. The van der Waals surface area contributed by atoms with E-state index >= 15 is 0 Å². The van der Waals surface area contributed by atoms with Gasteiger partial charge in [-0.25, -0.2) is 0 Å². The molecule has 0 fully saturated rings. The van der Waals surface area contributed by atoms with Gasteiger partial charge in [-0.05, 0) is 64.2 Å². The second-order valence-corrected chi connectivity index (χ2v) is 18.9. The Bertz CT molecular complexity index is 1260. The maximum Gasteiger partial charge on any atom is 0.306 e. The molecule has 0 aliphatic carbocycles. The van der Waals surface area contributed by atoms with E-state index < -0.39 is 6.10 Å². The number of unbranched alkanes of at least 4 members (excludes halogenated alkanes) is 32. The van der Waals surface area contributed by atoms with Crippen molar-refractivity contribution >= 4 is 17.9 Å². The Hall–Kier alpha value is -3.15. The highest BCUT2D eigenvalue weighted by atomic mass is 16.6. The zero-order valence-corrected chi connectivity index (χ0v) is 44.2. The molecule has 67 heavy (non-hydrogen) atoms. The Labute approximate surface area is 414 Å². The van der Waals surface area contributed by atoms with Crippen molar-refractivity contribution in [2.75, 3.05) is 13.2 Å². The van der Waals surface area contributed by atoms with E-state index in [1.54, 1.807) is 0 Å². The summed E-state index contributed by atoms with van der Waals surface area (Å²) in [6.45, 7) is 6.48. The number of esters is 3. The van der Waals surface area contributed by atoms with Gasteiger partial charge in [0.15, 0.2) is 6.10 Å².